The number of rotatable bonds is 18. The van der Waals surface area contributed by atoms with Crippen molar-refractivity contribution in [2.75, 3.05) is 38.4 Å². The highest BCUT2D eigenvalue weighted by Gasteiger charge is 1.95. The molecule has 0 aromatic heterocycles. The van der Waals surface area contributed by atoms with Crippen LogP contribution in [0.5, 0.6) is 0 Å². The molecule has 0 fully saturated rings. The summed E-state index contributed by atoms with van der Waals surface area (Å²) in [7, 11) is 0. The van der Waals surface area contributed by atoms with E-state index in [1.807, 2.05) is 0 Å². The fraction of sp³-hybridized carbons (Fsp3) is 1.00. The molecule has 1 unspecified atom stereocenters. The monoisotopic (exact) mass is 866 g/mol. The van der Waals surface area contributed by atoms with Crippen LogP contribution in [0.2, 0.25) is 0 Å². The molecule has 0 bridgehead atoms. The molecule has 0 aliphatic rings. The smallest absolute Gasteiger partial charge is 0.0223 e. The molecule has 0 nitrogen and oxygen atoms in total. The van der Waals surface area contributed by atoms with E-state index in [1.54, 1.807) is 0 Å². The molecular weight excluding hydrogens is 827 g/mol. The van der Waals surface area contributed by atoms with Crippen LogP contribution in [-0.2, 0) is 0 Å². The summed E-state index contributed by atoms with van der Waals surface area (Å²) in [5.41, 5.74) is 0. The minimum atomic E-state index is 0.715. The molecule has 0 saturated heterocycles. The summed E-state index contributed by atoms with van der Waals surface area (Å²) >= 11 is 31.1. The molecule has 0 heterocycles. The van der Waals surface area contributed by atoms with Crippen molar-refractivity contribution in [3.63, 3.8) is 0 Å². The Hall–Kier alpha value is 3.46. The second-order valence-electron chi connectivity index (χ2n) is 6.86. The highest BCUT2D eigenvalue weighted by Crippen LogP contribution is 2.09. The van der Waals surface area contributed by atoms with Crippen LogP contribution in [-0.4, -0.2) is 43.2 Å². The Bertz CT molecular complexity index is 234. The summed E-state index contributed by atoms with van der Waals surface area (Å²) < 4.78 is 0. The van der Waals surface area contributed by atoms with Crippen LogP contribution < -0.4 is 0 Å². The normalized spacial score (nSPS) is 10.7. The van der Waals surface area contributed by atoms with Gasteiger partial charge in [-0.25, -0.2) is 0 Å². The first-order valence-corrected chi connectivity index (χ1v) is 19.2. The summed E-state index contributed by atoms with van der Waals surface area (Å²) in [4.78, 5) is 0.715. The molecular formula is C23H46Br6Cl2. The number of hydrogen-bond acceptors (Lipinski definition) is 0. The van der Waals surface area contributed by atoms with E-state index < -0.39 is 0 Å². The van der Waals surface area contributed by atoms with E-state index >= 15 is 0 Å². The molecule has 1 atom stereocenters. The van der Waals surface area contributed by atoms with Crippen LogP contribution in [0.3, 0.4) is 0 Å². The first kappa shape index (κ1) is 41.6. The van der Waals surface area contributed by atoms with Crippen LogP contribution in [0.1, 0.15) is 96.8 Å². The van der Waals surface area contributed by atoms with Crippen molar-refractivity contribution in [2.45, 2.75) is 102 Å². The second-order valence-corrected chi connectivity index (χ2v) is 12.9. The van der Waals surface area contributed by atoms with E-state index in [1.165, 1.54) is 87.7 Å². The van der Waals surface area contributed by atoms with Gasteiger partial charge in [0.25, 0.3) is 0 Å². The number of halogens is 8. The molecule has 0 saturated carbocycles. The molecule has 0 aromatic rings. The lowest BCUT2D eigenvalue weighted by Crippen LogP contribution is -1.93. The Morgan fingerprint density at radius 3 is 0.935 bits per heavy atom. The Labute approximate surface area is 256 Å². The van der Waals surface area contributed by atoms with Gasteiger partial charge in [-0.15, -0.1) is 23.2 Å². The van der Waals surface area contributed by atoms with Crippen LogP contribution in [0.4, 0.5) is 0 Å². The van der Waals surface area contributed by atoms with Gasteiger partial charge in [-0.3, -0.25) is 0 Å². The van der Waals surface area contributed by atoms with Crippen LogP contribution in [0.15, 0.2) is 0 Å². The Balaban J connectivity index is -0.000000160. The van der Waals surface area contributed by atoms with Gasteiger partial charge < -0.3 is 0 Å². The van der Waals surface area contributed by atoms with Crippen LogP contribution in [0.25, 0.3) is 0 Å². The molecule has 0 aromatic carbocycles. The highest BCUT2D eigenvalue weighted by atomic mass is 79.9. The van der Waals surface area contributed by atoms with Gasteiger partial charge in [0.1, 0.15) is 0 Å². The number of unbranched alkanes of at least 4 members (excludes halogenated alkanes) is 9. The zero-order valence-electron chi connectivity index (χ0n) is 19.5. The van der Waals surface area contributed by atoms with E-state index in [-0.39, 0.29) is 0 Å². The van der Waals surface area contributed by atoms with Gasteiger partial charge in [0.05, 0.1) is 0 Å². The average molecular weight is 873 g/mol. The second kappa shape index (κ2) is 46.8. The Morgan fingerprint density at radius 1 is 0.484 bits per heavy atom. The van der Waals surface area contributed by atoms with Gasteiger partial charge in [-0.05, 0) is 51.4 Å². The predicted molar refractivity (Wildman–Crippen MR) is 173 cm³/mol. The van der Waals surface area contributed by atoms with Crippen molar-refractivity contribution in [1.29, 1.82) is 0 Å². The molecule has 31 heavy (non-hydrogen) atoms. The molecule has 0 aliphatic carbocycles. The van der Waals surface area contributed by atoms with E-state index in [2.05, 4.69) is 103 Å². The maximum atomic E-state index is 5.32. The summed E-state index contributed by atoms with van der Waals surface area (Å²) in [5, 5.41) is 5.78. The lowest BCUT2D eigenvalue weighted by molar-refractivity contribution is 0.631. The number of hydrogen-bond donors (Lipinski definition) is 0. The zero-order valence-corrected chi connectivity index (χ0v) is 30.5. The first-order valence-electron chi connectivity index (χ1n) is 11.6. The molecule has 0 rings (SSSR count). The SMILES string of the molecule is BrCCCCCCBr.BrCCCCCCCCBr.CCC(Br)CCBr.ClCCCCCl. The van der Waals surface area contributed by atoms with Crippen molar-refractivity contribution in [2.24, 2.45) is 0 Å². The third-order valence-corrected chi connectivity index (χ3v) is 8.26. The van der Waals surface area contributed by atoms with Gasteiger partial charge in [0, 0.05) is 43.2 Å². The molecule has 0 amide bonds. The van der Waals surface area contributed by atoms with E-state index in [0.717, 1.165) is 40.6 Å². The largest absolute Gasteiger partial charge is 0.127 e. The molecule has 194 valence electrons. The Morgan fingerprint density at radius 2 is 0.774 bits per heavy atom. The molecule has 0 N–H and O–H groups in total. The maximum Gasteiger partial charge on any atom is 0.0223 e. The topological polar surface area (TPSA) is 0 Å². The molecule has 0 aliphatic heterocycles. The summed E-state index contributed by atoms with van der Waals surface area (Å²) in [5.74, 6) is 1.49. The van der Waals surface area contributed by atoms with Gasteiger partial charge in [-0.2, -0.15) is 0 Å². The lowest BCUT2D eigenvalue weighted by atomic mass is 10.1. The van der Waals surface area contributed by atoms with E-state index in [4.69, 9.17) is 23.2 Å². The van der Waals surface area contributed by atoms with Crippen molar-refractivity contribution in [1.82, 2.24) is 0 Å². The fourth-order valence-electron chi connectivity index (χ4n) is 1.95. The fourth-order valence-corrected chi connectivity index (χ4v) is 5.31. The average Bonchev–Trinajstić information content (AvgIpc) is 2.79. The van der Waals surface area contributed by atoms with Gasteiger partial charge in [-0.1, -0.05) is 141 Å². The predicted octanol–water partition coefficient (Wildman–Crippen LogP) is 12.6. The molecule has 0 radical (unpaired) electrons. The van der Waals surface area contributed by atoms with Gasteiger partial charge in [0.15, 0.2) is 0 Å². The molecule has 8 heteroatoms. The third-order valence-electron chi connectivity index (χ3n) is 3.92. The van der Waals surface area contributed by atoms with Crippen LogP contribution >= 0.6 is 119 Å². The van der Waals surface area contributed by atoms with Crippen molar-refractivity contribution in [3.8, 4) is 0 Å². The maximum absolute atomic E-state index is 5.32. The Kier molecular flexibility index (Phi) is 62.7. The molecule has 0 spiro atoms. The minimum absolute atomic E-state index is 0.715. The summed E-state index contributed by atoms with van der Waals surface area (Å²) in [6, 6.07) is 0. The first-order chi connectivity index (χ1) is 15.1. The van der Waals surface area contributed by atoms with E-state index in [9.17, 15) is 0 Å². The summed E-state index contributed by atoms with van der Waals surface area (Å²) in [6.45, 7) is 2.18. The highest BCUT2D eigenvalue weighted by molar-refractivity contribution is 9.10. The van der Waals surface area contributed by atoms with E-state index in [0.29, 0.717) is 4.83 Å². The van der Waals surface area contributed by atoms with Crippen molar-refractivity contribution in [3.05, 3.63) is 0 Å². The van der Waals surface area contributed by atoms with Gasteiger partial charge in [0.2, 0.25) is 0 Å². The third kappa shape index (κ3) is 60.2. The lowest BCUT2D eigenvalue weighted by Gasteiger charge is -1.99. The standard InChI is InChI=1S/C8H16Br2.C6H12Br2.C5H10Br2.C4H8Cl2/c9-7-5-3-1-2-4-6-8-10;7-5-3-1-2-4-6-8;1-2-5(7)3-4-6;5-3-1-2-4-6/h1-8H2;1-6H2;5H,2-4H2,1H3;1-4H2. The van der Waals surface area contributed by atoms with Crippen molar-refractivity contribution >= 4 is 119 Å². The van der Waals surface area contributed by atoms with Crippen LogP contribution in [0, 0.1) is 0 Å². The zero-order chi connectivity index (χ0) is 24.4. The van der Waals surface area contributed by atoms with Crippen molar-refractivity contribution < 1.29 is 0 Å². The minimum Gasteiger partial charge on any atom is -0.127 e. The van der Waals surface area contributed by atoms with Gasteiger partial charge >= 0.3 is 0 Å². The quantitative estimate of drug-likeness (QED) is 0.0951. The summed E-state index contributed by atoms with van der Waals surface area (Å²) in [6.07, 6.45) is 18.3. The number of alkyl halides is 8.